The molecule has 3 aromatic rings. The first kappa shape index (κ1) is 18.5. The molecule has 0 saturated carbocycles. The van der Waals surface area contributed by atoms with E-state index in [9.17, 15) is 9.59 Å². The maximum Gasteiger partial charge on any atom is 0.325 e. The second kappa shape index (κ2) is 7.09. The number of carbonyl (C=O) groups is 2. The Labute approximate surface area is 174 Å². The van der Waals surface area contributed by atoms with Crippen LogP contribution >= 0.6 is 0 Å². The number of benzene rings is 2. The minimum atomic E-state index is -0.880. The van der Waals surface area contributed by atoms with Gasteiger partial charge < -0.3 is 9.84 Å². The van der Waals surface area contributed by atoms with E-state index in [2.05, 4.69) is 21.5 Å². The lowest BCUT2D eigenvalue weighted by Crippen LogP contribution is -2.51. The van der Waals surface area contributed by atoms with Crippen LogP contribution in [0.2, 0.25) is 0 Å². The number of hydrogen-bond acceptors (Lipinski definition) is 5. The molecule has 2 aliphatic rings. The summed E-state index contributed by atoms with van der Waals surface area (Å²) in [6.45, 7) is 2.01. The summed E-state index contributed by atoms with van der Waals surface area (Å²) in [4.78, 5) is 31.4. The van der Waals surface area contributed by atoms with E-state index in [1.165, 1.54) is 10.5 Å². The van der Waals surface area contributed by atoms with Crippen molar-refractivity contribution in [3.05, 3.63) is 82.5 Å². The van der Waals surface area contributed by atoms with Gasteiger partial charge >= 0.3 is 6.03 Å². The van der Waals surface area contributed by atoms with Gasteiger partial charge in [-0.3, -0.25) is 9.69 Å². The number of hydrogen-bond donors (Lipinski definition) is 1. The van der Waals surface area contributed by atoms with E-state index in [1.54, 1.807) is 0 Å². The van der Waals surface area contributed by atoms with Gasteiger partial charge in [0.2, 0.25) is 5.89 Å². The van der Waals surface area contributed by atoms with E-state index in [0.717, 1.165) is 23.1 Å². The minimum absolute atomic E-state index is 0.0190. The van der Waals surface area contributed by atoms with Crippen LogP contribution in [0, 0.1) is 6.92 Å². The molecule has 1 aliphatic carbocycles. The van der Waals surface area contributed by atoms with Crippen LogP contribution in [0.25, 0.3) is 0 Å². The predicted octanol–water partition coefficient (Wildman–Crippen LogP) is 2.95. The molecule has 1 N–H and O–H groups in total. The molecular formula is C23H22N4O3. The molecular weight excluding hydrogens is 380 g/mol. The second-order valence-corrected chi connectivity index (χ2v) is 8.06. The topological polar surface area (TPSA) is 88.3 Å². The Morgan fingerprint density at radius 1 is 1.10 bits per heavy atom. The van der Waals surface area contributed by atoms with Crippen molar-refractivity contribution in [2.24, 2.45) is 0 Å². The zero-order valence-corrected chi connectivity index (χ0v) is 16.7. The number of nitrogens with zero attached hydrogens (tertiary/aromatic N) is 3. The third-order valence-electron chi connectivity index (χ3n) is 6.09. The van der Waals surface area contributed by atoms with Crippen LogP contribution in [0.4, 0.5) is 4.79 Å². The van der Waals surface area contributed by atoms with Crippen molar-refractivity contribution >= 4 is 11.9 Å². The standard InChI is InChI=1S/C23H22N4O3/c1-15-6-2-3-8-17(15)12-19-24-20(30-26-19)14-27-21(28)23(25-22(27)29)11-10-16-7-4-5-9-18(16)13-23/h2-9H,10-14H2,1H3,(H,25,29). The molecule has 3 amide bonds. The monoisotopic (exact) mass is 402 g/mol. The van der Waals surface area contributed by atoms with Gasteiger partial charge in [0.05, 0.1) is 0 Å². The number of imide groups is 1. The molecule has 1 fully saturated rings. The van der Waals surface area contributed by atoms with E-state index < -0.39 is 11.6 Å². The number of urea groups is 1. The average Bonchev–Trinajstić information content (AvgIpc) is 3.28. The molecule has 30 heavy (non-hydrogen) atoms. The Morgan fingerprint density at radius 2 is 1.87 bits per heavy atom. The van der Waals surface area contributed by atoms with Gasteiger partial charge in [0.15, 0.2) is 5.82 Å². The first-order valence-electron chi connectivity index (χ1n) is 10.1. The summed E-state index contributed by atoms with van der Waals surface area (Å²) in [6.07, 6.45) is 2.40. The zero-order chi connectivity index (χ0) is 20.7. The number of carbonyl (C=O) groups excluding carboxylic acids is 2. The summed E-state index contributed by atoms with van der Waals surface area (Å²) >= 11 is 0. The van der Waals surface area contributed by atoms with Crippen LogP contribution in [0.5, 0.6) is 0 Å². The molecule has 1 atom stereocenters. The smallest absolute Gasteiger partial charge is 0.325 e. The van der Waals surface area contributed by atoms with Crippen LogP contribution < -0.4 is 5.32 Å². The van der Waals surface area contributed by atoms with Crippen molar-refractivity contribution in [3.63, 3.8) is 0 Å². The fraction of sp³-hybridized carbons (Fsp3) is 0.304. The lowest BCUT2D eigenvalue weighted by atomic mass is 9.78. The summed E-state index contributed by atoms with van der Waals surface area (Å²) in [5.74, 6) is 0.573. The molecule has 1 spiro atoms. The number of fused-ring (bicyclic) bond motifs is 1. The van der Waals surface area contributed by atoms with E-state index in [1.807, 2.05) is 49.4 Å². The number of aryl methyl sites for hydroxylation is 2. The van der Waals surface area contributed by atoms with Gasteiger partial charge in [-0.25, -0.2) is 4.79 Å². The Kier molecular flexibility index (Phi) is 4.38. The van der Waals surface area contributed by atoms with E-state index in [4.69, 9.17) is 4.52 Å². The average molecular weight is 402 g/mol. The number of nitrogens with one attached hydrogen (secondary N) is 1. The minimum Gasteiger partial charge on any atom is -0.337 e. The summed E-state index contributed by atoms with van der Waals surface area (Å²) in [6, 6.07) is 15.7. The highest BCUT2D eigenvalue weighted by atomic mass is 16.5. The van der Waals surface area contributed by atoms with Gasteiger partial charge in [-0.05, 0) is 42.0 Å². The Bertz CT molecular complexity index is 1140. The third kappa shape index (κ3) is 3.16. The zero-order valence-electron chi connectivity index (χ0n) is 16.7. The van der Waals surface area contributed by atoms with Gasteiger partial charge in [0.25, 0.3) is 5.91 Å². The SMILES string of the molecule is Cc1ccccc1Cc1noc(CN2C(=O)NC3(CCc4ccccc4C3)C2=O)n1. The van der Waals surface area contributed by atoms with E-state index in [0.29, 0.717) is 25.1 Å². The van der Waals surface area contributed by atoms with E-state index in [-0.39, 0.29) is 18.3 Å². The highest BCUT2D eigenvalue weighted by Gasteiger charge is 2.52. The largest absolute Gasteiger partial charge is 0.337 e. The Balaban J connectivity index is 1.32. The van der Waals surface area contributed by atoms with Crippen LogP contribution in [0.15, 0.2) is 53.1 Å². The van der Waals surface area contributed by atoms with Gasteiger partial charge in [0, 0.05) is 12.8 Å². The van der Waals surface area contributed by atoms with Crippen molar-refractivity contribution < 1.29 is 14.1 Å². The maximum atomic E-state index is 13.2. The molecule has 1 aliphatic heterocycles. The molecule has 0 bridgehead atoms. The fourth-order valence-corrected chi connectivity index (χ4v) is 4.38. The van der Waals surface area contributed by atoms with Crippen LogP contribution in [-0.2, 0) is 30.6 Å². The summed E-state index contributed by atoms with van der Waals surface area (Å²) in [5.41, 5.74) is 3.73. The lowest BCUT2D eigenvalue weighted by molar-refractivity contribution is -0.132. The lowest BCUT2D eigenvalue weighted by Gasteiger charge is -2.32. The van der Waals surface area contributed by atoms with Gasteiger partial charge in [0.1, 0.15) is 12.1 Å². The molecule has 0 radical (unpaired) electrons. The Morgan fingerprint density at radius 3 is 2.70 bits per heavy atom. The molecule has 7 nitrogen and oxygen atoms in total. The van der Waals surface area contributed by atoms with Crippen molar-refractivity contribution in [2.45, 2.75) is 44.7 Å². The number of amides is 3. The molecule has 1 saturated heterocycles. The molecule has 2 aromatic carbocycles. The highest BCUT2D eigenvalue weighted by Crippen LogP contribution is 2.34. The Hall–Kier alpha value is -3.48. The van der Waals surface area contributed by atoms with Gasteiger partial charge in [-0.2, -0.15) is 4.98 Å². The van der Waals surface area contributed by atoms with Crippen LogP contribution in [-0.4, -0.2) is 32.5 Å². The van der Waals surface area contributed by atoms with Crippen molar-refractivity contribution in [1.29, 1.82) is 0 Å². The number of aromatic nitrogens is 2. The van der Waals surface area contributed by atoms with Crippen molar-refractivity contribution in [1.82, 2.24) is 20.4 Å². The predicted molar refractivity (Wildman–Crippen MR) is 109 cm³/mol. The van der Waals surface area contributed by atoms with Crippen LogP contribution in [0.3, 0.4) is 0 Å². The third-order valence-corrected chi connectivity index (χ3v) is 6.09. The molecule has 5 rings (SSSR count). The molecule has 1 unspecified atom stereocenters. The maximum absolute atomic E-state index is 13.2. The van der Waals surface area contributed by atoms with Gasteiger partial charge in [-0.15, -0.1) is 0 Å². The number of rotatable bonds is 4. The molecule has 152 valence electrons. The summed E-state index contributed by atoms with van der Waals surface area (Å²) in [7, 11) is 0. The quantitative estimate of drug-likeness (QED) is 0.678. The van der Waals surface area contributed by atoms with Gasteiger partial charge in [-0.1, -0.05) is 53.7 Å². The molecule has 1 aromatic heterocycles. The first-order chi connectivity index (χ1) is 14.5. The summed E-state index contributed by atoms with van der Waals surface area (Å²) in [5, 5.41) is 6.95. The normalized spacial score (nSPS) is 20.5. The second-order valence-electron chi connectivity index (χ2n) is 8.06. The van der Waals surface area contributed by atoms with Crippen molar-refractivity contribution in [2.75, 3.05) is 0 Å². The molecule has 7 heteroatoms. The van der Waals surface area contributed by atoms with E-state index >= 15 is 0 Å². The highest BCUT2D eigenvalue weighted by molar-refractivity contribution is 6.07. The summed E-state index contributed by atoms with van der Waals surface area (Å²) < 4.78 is 5.33. The first-order valence-corrected chi connectivity index (χ1v) is 10.1. The van der Waals surface area contributed by atoms with Crippen molar-refractivity contribution in [3.8, 4) is 0 Å². The van der Waals surface area contributed by atoms with Crippen LogP contribution in [0.1, 0.15) is 40.4 Å². The molecule has 2 heterocycles. The fourth-order valence-electron chi connectivity index (χ4n) is 4.38.